The summed E-state index contributed by atoms with van der Waals surface area (Å²) in [5, 5.41) is 2.81. The van der Waals surface area contributed by atoms with Crippen LogP contribution in [0.1, 0.15) is 23.7 Å². The van der Waals surface area contributed by atoms with Crippen molar-refractivity contribution in [1.82, 2.24) is 5.32 Å². The van der Waals surface area contributed by atoms with E-state index in [1.807, 2.05) is 6.55 Å². The SMILES string of the molecule is CO[Si](C)(CCCNC(=O)c1ccccc1OC(C)=O)OC. The number of amides is 1. The fraction of sp³-hybridized carbons (Fsp3) is 0.467. The van der Waals surface area contributed by atoms with Gasteiger partial charge in [0, 0.05) is 27.7 Å². The number of ether oxygens (including phenoxy) is 1. The van der Waals surface area contributed by atoms with Gasteiger partial charge in [0.15, 0.2) is 0 Å². The summed E-state index contributed by atoms with van der Waals surface area (Å²) >= 11 is 0. The first-order valence-corrected chi connectivity index (χ1v) is 9.60. The summed E-state index contributed by atoms with van der Waals surface area (Å²) in [7, 11) is 1.18. The Morgan fingerprint density at radius 3 is 2.41 bits per heavy atom. The first kappa shape index (κ1) is 18.3. The maximum atomic E-state index is 12.2. The first-order valence-electron chi connectivity index (χ1n) is 7.08. The van der Waals surface area contributed by atoms with E-state index >= 15 is 0 Å². The molecule has 1 aromatic rings. The Balaban J connectivity index is 2.54. The van der Waals surface area contributed by atoms with Crippen LogP contribution < -0.4 is 10.1 Å². The number of carbonyl (C=O) groups excluding carboxylic acids is 2. The second-order valence-corrected chi connectivity index (χ2v) is 8.58. The number of benzene rings is 1. The van der Waals surface area contributed by atoms with Crippen LogP contribution in [0, 0.1) is 0 Å². The molecular weight excluding hydrogens is 302 g/mol. The highest BCUT2D eigenvalue weighted by molar-refractivity contribution is 6.65. The van der Waals surface area contributed by atoms with Gasteiger partial charge in [-0.2, -0.15) is 0 Å². The number of carbonyl (C=O) groups is 2. The highest BCUT2D eigenvalue weighted by Crippen LogP contribution is 2.18. The van der Waals surface area contributed by atoms with Gasteiger partial charge in [0.2, 0.25) is 0 Å². The third-order valence-electron chi connectivity index (χ3n) is 3.34. The molecule has 1 amide bonds. The largest absolute Gasteiger partial charge is 0.426 e. The summed E-state index contributed by atoms with van der Waals surface area (Å²) in [6, 6.07) is 7.43. The molecule has 1 rings (SSSR count). The summed E-state index contributed by atoms with van der Waals surface area (Å²) in [6.45, 7) is 3.78. The summed E-state index contributed by atoms with van der Waals surface area (Å²) < 4.78 is 15.8. The molecule has 0 aromatic heterocycles. The third-order valence-corrected chi connectivity index (χ3v) is 6.33. The van der Waals surface area contributed by atoms with Gasteiger partial charge < -0.3 is 18.9 Å². The Bertz CT molecular complexity index is 516. The van der Waals surface area contributed by atoms with Crippen molar-refractivity contribution in [3.63, 3.8) is 0 Å². The van der Waals surface area contributed by atoms with Crippen LogP contribution in [-0.4, -0.2) is 41.2 Å². The highest BCUT2D eigenvalue weighted by atomic mass is 28.4. The minimum Gasteiger partial charge on any atom is -0.426 e. The zero-order valence-corrected chi connectivity index (χ0v) is 14.5. The minimum atomic E-state index is -2.10. The molecular formula is C15H23NO5Si. The van der Waals surface area contributed by atoms with Crippen LogP contribution in [0.5, 0.6) is 5.75 Å². The topological polar surface area (TPSA) is 73.9 Å². The standard InChI is InChI=1S/C15H23NO5Si/c1-12(17)21-14-9-6-5-8-13(14)15(18)16-10-7-11-22(4,19-2)20-3/h5-6,8-9H,7,10-11H2,1-4H3,(H,16,18). The van der Waals surface area contributed by atoms with Crippen LogP contribution in [0.25, 0.3) is 0 Å². The van der Waals surface area contributed by atoms with Gasteiger partial charge in [-0.25, -0.2) is 0 Å². The number of rotatable bonds is 8. The molecule has 0 spiro atoms. The minimum absolute atomic E-state index is 0.264. The fourth-order valence-electron chi connectivity index (χ4n) is 1.89. The molecule has 0 unspecified atom stereocenters. The quantitative estimate of drug-likeness (QED) is 0.343. The molecule has 0 aliphatic carbocycles. The highest BCUT2D eigenvalue weighted by Gasteiger charge is 2.27. The molecule has 0 aliphatic rings. The number of para-hydroxylation sites is 1. The summed E-state index contributed by atoms with van der Waals surface area (Å²) in [5.41, 5.74) is 0.344. The van der Waals surface area contributed by atoms with Crippen molar-refractivity contribution in [2.75, 3.05) is 20.8 Å². The van der Waals surface area contributed by atoms with E-state index in [2.05, 4.69) is 5.32 Å². The lowest BCUT2D eigenvalue weighted by atomic mass is 10.2. The summed E-state index contributed by atoms with van der Waals surface area (Å²) in [5.74, 6) is -0.460. The van der Waals surface area contributed by atoms with Crippen molar-refractivity contribution < 1.29 is 23.2 Å². The Morgan fingerprint density at radius 2 is 1.82 bits per heavy atom. The molecule has 0 bridgehead atoms. The molecule has 0 heterocycles. The molecule has 6 nitrogen and oxygen atoms in total. The van der Waals surface area contributed by atoms with Gasteiger partial charge in [-0.15, -0.1) is 0 Å². The number of hydrogen-bond donors (Lipinski definition) is 1. The zero-order valence-electron chi connectivity index (χ0n) is 13.5. The average Bonchev–Trinajstić information content (AvgIpc) is 2.51. The van der Waals surface area contributed by atoms with E-state index in [-0.39, 0.29) is 11.7 Å². The van der Waals surface area contributed by atoms with Crippen molar-refractivity contribution in [3.05, 3.63) is 29.8 Å². The molecule has 1 aromatic carbocycles. The number of nitrogens with one attached hydrogen (secondary N) is 1. The van der Waals surface area contributed by atoms with Crippen LogP contribution >= 0.6 is 0 Å². The maximum Gasteiger partial charge on any atom is 0.334 e. The van der Waals surface area contributed by atoms with Gasteiger partial charge >= 0.3 is 14.5 Å². The molecule has 0 aliphatic heterocycles. The van der Waals surface area contributed by atoms with Crippen LogP contribution in [0.15, 0.2) is 24.3 Å². The smallest absolute Gasteiger partial charge is 0.334 e. The van der Waals surface area contributed by atoms with E-state index in [0.29, 0.717) is 12.1 Å². The van der Waals surface area contributed by atoms with Crippen LogP contribution in [0.3, 0.4) is 0 Å². The normalized spacial score (nSPS) is 11.1. The Hall–Kier alpha value is -1.70. The van der Waals surface area contributed by atoms with E-state index in [1.165, 1.54) is 6.92 Å². The number of esters is 1. The lowest BCUT2D eigenvalue weighted by Gasteiger charge is -2.22. The van der Waals surface area contributed by atoms with Crippen LogP contribution in [0.4, 0.5) is 0 Å². The second-order valence-electron chi connectivity index (χ2n) is 4.99. The Labute approximate surface area is 132 Å². The molecule has 0 radical (unpaired) electrons. The summed E-state index contributed by atoms with van der Waals surface area (Å²) in [4.78, 5) is 23.2. The van der Waals surface area contributed by atoms with Crippen LogP contribution in [-0.2, 0) is 13.6 Å². The molecule has 1 N–H and O–H groups in total. The van der Waals surface area contributed by atoms with Crippen molar-refractivity contribution in [2.45, 2.75) is 25.9 Å². The zero-order chi connectivity index (χ0) is 16.6. The van der Waals surface area contributed by atoms with Crippen molar-refractivity contribution >= 4 is 20.4 Å². The van der Waals surface area contributed by atoms with E-state index in [0.717, 1.165) is 12.5 Å². The molecule has 7 heteroatoms. The van der Waals surface area contributed by atoms with Gasteiger partial charge in [0.05, 0.1) is 5.56 Å². The predicted molar refractivity (Wildman–Crippen MR) is 85.1 cm³/mol. The fourth-order valence-corrected chi connectivity index (χ4v) is 3.29. The van der Waals surface area contributed by atoms with E-state index in [4.69, 9.17) is 13.6 Å². The van der Waals surface area contributed by atoms with Gasteiger partial charge in [-0.1, -0.05) is 12.1 Å². The summed E-state index contributed by atoms with van der Waals surface area (Å²) in [6.07, 6.45) is 0.756. The molecule has 0 saturated heterocycles. The average molecular weight is 325 g/mol. The molecule has 22 heavy (non-hydrogen) atoms. The maximum absolute atomic E-state index is 12.2. The molecule has 0 atom stereocenters. The van der Waals surface area contributed by atoms with Gasteiger partial charge in [0.25, 0.3) is 5.91 Å². The lowest BCUT2D eigenvalue weighted by molar-refractivity contribution is -0.131. The molecule has 0 fully saturated rings. The second kappa shape index (κ2) is 8.67. The monoisotopic (exact) mass is 325 g/mol. The van der Waals surface area contributed by atoms with Gasteiger partial charge in [-0.3, -0.25) is 9.59 Å². The van der Waals surface area contributed by atoms with Crippen LogP contribution in [0.2, 0.25) is 12.6 Å². The van der Waals surface area contributed by atoms with E-state index in [9.17, 15) is 9.59 Å². The van der Waals surface area contributed by atoms with Crippen molar-refractivity contribution in [2.24, 2.45) is 0 Å². The Morgan fingerprint density at radius 1 is 1.18 bits per heavy atom. The van der Waals surface area contributed by atoms with E-state index in [1.54, 1.807) is 38.5 Å². The van der Waals surface area contributed by atoms with Gasteiger partial charge in [-0.05, 0) is 31.1 Å². The predicted octanol–water partition coefficient (Wildman–Crippen LogP) is 2.10. The molecule has 0 saturated carbocycles. The third kappa shape index (κ3) is 5.59. The molecule has 122 valence electrons. The first-order chi connectivity index (χ1) is 10.4. The van der Waals surface area contributed by atoms with Gasteiger partial charge in [0.1, 0.15) is 5.75 Å². The van der Waals surface area contributed by atoms with Crippen molar-refractivity contribution in [1.29, 1.82) is 0 Å². The number of hydrogen-bond acceptors (Lipinski definition) is 5. The van der Waals surface area contributed by atoms with Crippen molar-refractivity contribution in [3.8, 4) is 5.75 Å². The Kier molecular flexibility index (Phi) is 7.23. The lowest BCUT2D eigenvalue weighted by Crippen LogP contribution is -2.37. The van der Waals surface area contributed by atoms with E-state index < -0.39 is 14.5 Å².